The number of hydrogen-bond donors (Lipinski definition) is 0. The minimum absolute atomic E-state index is 0.222. The van der Waals surface area contributed by atoms with Gasteiger partial charge in [-0.25, -0.2) is 4.79 Å². The van der Waals surface area contributed by atoms with Gasteiger partial charge in [-0.15, -0.1) is 11.8 Å². The van der Waals surface area contributed by atoms with Crippen LogP contribution in [0.15, 0.2) is 0 Å². The zero-order valence-corrected chi connectivity index (χ0v) is 18.3. The van der Waals surface area contributed by atoms with E-state index in [9.17, 15) is 9.59 Å². The van der Waals surface area contributed by atoms with Gasteiger partial charge in [0.1, 0.15) is 0 Å². The molecule has 0 spiro atoms. The lowest BCUT2D eigenvalue weighted by atomic mass is 10.0. The van der Waals surface area contributed by atoms with Crippen LogP contribution >= 0.6 is 11.8 Å². The molecule has 5 nitrogen and oxygen atoms in total. The molecule has 0 saturated heterocycles. The predicted molar refractivity (Wildman–Crippen MR) is 112 cm³/mol. The Balaban J connectivity index is 3.14. The van der Waals surface area contributed by atoms with Gasteiger partial charge >= 0.3 is 12.1 Å². The second-order valence-corrected chi connectivity index (χ2v) is 7.63. The standard InChI is InChI=1S/C21H40O5S/c1-3-25-21(23)26-20(22)17-15-13-11-9-7-5-4-6-8-10-12-14-16-18-24-19-27-2/h3-19H2,1-2H3. The zero-order chi connectivity index (χ0) is 20.0. The van der Waals surface area contributed by atoms with Gasteiger partial charge in [0, 0.05) is 13.0 Å². The number of hydrogen-bond acceptors (Lipinski definition) is 6. The van der Waals surface area contributed by atoms with Gasteiger partial charge in [-0.2, -0.15) is 0 Å². The molecule has 0 aliphatic rings. The Morgan fingerprint density at radius 3 is 1.70 bits per heavy atom. The molecule has 27 heavy (non-hydrogen) atoms. The second kappa shape index (κ2) is 21.5. The maximum atomic E-state index is 11.4. The Hall–Kier alpha value is -0.750. The average molecular weight is 405 g/mol. The quantitative estimate of drug-likeness (QED) is 0.106. The minimum Gasteiger partial charge on any atom is -0.434 e. The summed E-state index contributed by atoms with van der Waals surface area (Å²) in [7, 11) is 0. The molecule has 6 heteroatoms. The van der Waals surface area contributed by atoms with Crippen molar-refractivity contribution in [3.8, 4) is 0 Å². The molecule has 0 N–H and O–H groups in total. The number of unbranched alkanes of at least 4 members (excludes halogenated alkanes) is 12. The summed E-state index contributed by atoms with van der Waals surface area (Å²) in [5, 5.41) is 0. The molecule has 0 heterocycles. The highest BCUT2D eigenvalue weighted by atomic mass is 32.2. The molecule has 0 aromatic rings. The van der Waals surface area contributed by atoms with E-state index in [1.165, 1.54) is 64.2 Å². The summed E-state index contributed by atoms with van der Waals surface area (Å²) in [5.41, 5.74) is 0. The van der Waals surface area contributed by atoms with E-state index >= 15 is 0 Å². The smallest absolute Gasteiger partial charge is 0.434 e. The van der Waals surface area contributed by atoms with Gasteiger partial charge in [-0.3, -0.25) is 4.79 Å². The first-order valence-electron chi connectivity index (χ1n) is 10.6. The van der Waals surface area contributed by atoms with Crippen molar-refractivity contribution < 1.29 is 23.8 Å². The predicted octanol–water partition coefficient (Wildman–Crippen LogP) is 6.48. The first-order chi connectivity index (χ1) is 13.2. The number of rotatable bonds is 19. The summed E-state index contributed by atoms with van der Waals surface area (Å²) in [6.45, 7) is 2.81. The van der Waals surface area contributed by atoms with Crippen molar-refractivity contribution in [1.82, 2.24) is 0 Å². The lowest BCUT2D eigenvalue weighted by molar-refractivity contribution is -0.139. The van der Waals surface area contributed by atoms with Crippen LogP contribution in [0.3, 0.4) is 0 Å². The molecule has 0 aromatic carbocycles. The van der Waals surface area contributed by atoms with Gasteiger partial charge in [0.05, 0.1) is 12.5 Å². The third kappa shape index (κ3) is 21.4. The number of carbonyl (C=O) groups excluding carboxylic acids is 2. The number of esters is 1. The molecule has 0 atom stereocenters. The Kier molecular flexibility index (Phi) is 21.0. The summed E-state index contributed by atoms with van der Waals surface area (Å²) < 4.78 is 14.5. The molecule has 0 radical (unpaired) electrons. The van der Waals surface area contributed by atoms with E-state index in [1.54, 1.807) is 18.7 Å². The number of ether oxygens (including phenoxy) is 3. The molecule has 0 bridgehead atoms. The highest BCUT2D eigenvalue weighted by Gasteiger charge is 2.10. The minimum atomic E-state index is -0.886. The summed E-state index contributed by atoms with van der Waals surface area (Å²) in [6.07, 6.45) is 17.4. The highest BCUT2D eigenvalue weighted by molar-refractivity contribution is 7.98. The third-order valence-electron chi connectivity index (χ3n) is 4.33. The van der Waals surface area contributed by atoms with E-state index < -0.39 is 12.1 Å². The molecule has 0 fully saturated rings. The number of carbonyl (C=O) groups is 2. The van der Waals surface area contributed by atoms with E-state index in [-0.39, 0.29) is 6.61 Å². The first kappa shape index (κ1) is 26.2. The largest absolute Gasteiger partial charge is 0.516 e. The molecule has 0 unspecified atom stereocenters. The van der Waals surface area contributed by atoms with Crippen molar-refractivity contribution in [2.24, 2.45) is 0 Å². The molecule has 0 saturated carbocycles. The van der Waals surface area contributed by atoms with E-state index in [0.717, 1.165) is 31.8 Å². The van der Waals surface area contributed by atoms with Crippen molar-refractivity contribution >= 4 is 23.9 Å². The lowest BCUT2D eigenvalue weighted by Crippen LogP contribution is -2.13. The van der Waals surface area contributed by atoms with E-state index in [2.05, 4.69) is 15.7 Å². The SMILES string of the molecule is CCOC(=O)OC(=O)CCCCCCCCCCCCCCCOCSC. The van der Waals surface area contributed by atoms with E-state index in [4.69, 9.17) is 4.74 Å². The fourth-order valence-corrected chi connectivity index (χ4v) is 3.14. The van der Waals surface area contributed by atoms with Crippen molar-refractivity contribution in [1.29, 1.82) is 0 Å². The molecule has 0 aliphatic heterocycles. The van der Waals surface area contributed by atoms with Gasteiger partial charge in [-0.1, -0.05) is 70.6 Å². The van der Waals surface area contributed by atoms with Crippen LogP contribution in [0, 0.1) is 0 Å². The van der Waals surface area contributed by atoms with Gasteiger partial charge in [0.25, 0.3) is 0 Å². The molecular weight excluding hydrogens is 364 g/mol. The van der Waals surface area contributed by atoms with Crippen molar-refractivity contribution in [2.45, 2.75) is 96.8 Å². The van der Waals surface area contributed by atoms with Gasteiger partial charge < -0.3 is 14.2 Å². The summed E-state index contributed by atoms with van der Waals surface area (Å²) in [5.74, 6) is 0.336. The summed E-state index contributed by atoms with van der Waals surface area (Å²) in [6, 6.07) is 0. The summed E-state index contributed by atoms with van der Waals surface area (Å²) >= 11 is 1.74. The summed E-state index contributed by atoms with van der Waals surface area (Å²) in [4.78, 5) is 22.3. The molecule has 0 aliphatic carbocycles. The fraction of sp³-hybridized carbons (Fsp3) is 0.905. The van der Waals surface area contributed by atoms with Gasteiger partial charge in [0.15, 0.2) is 0 Å². The maximum absolute atomic E-state index is 11.4. The Bertz CT molecular complexity index is 349. The van der Waals surface area contributed by atoms with Crippen LogP contribution in [0.25, 0.3) is 0 Å². The normalized spacial score (nSPS) is 10.7. The third-order valence-corrected chi connectivity index (χ3v) is 4.73. The fourth-order valence-electron chi connectivity index (χ4n) is 2.85. The second-order valence-electron chi connectivity index (χ2n) is 6.82. The lowest BCUT2D eigenvalue weighted by Gasteiger charge is -2.04. The Morgan fingerprint density at radius 1 is 0.741 bits per heavy atom. The van der Waals surface area contributed by atoms with Crippen LogP contribution in [0.1, 0.15) is 96.8 Å². The Morgan fingerprint density at radius 2 is 1.22 bits per heavy atom. The first-order valence-corrected chi connectivity index (χ1v) is 12.0. The van der Waals surface area contributed by atoms with Crippen molar-refractivity contribution in [3.05, 3.63) is 0 Å². The van der Waals surface area contributed by atoms with E-state index in [1.807, 2.05) is 0 Å². The average Bonchev–Trinajstić information content (AvgIpc) is 2.64. The van der Waals surface area contributed by atoms with Crippen LogP contribution < -0.4 is 0 Å². The molecular formula is C21H40O5S. The topological polar surface area (TPSA) is 61.8 Å². The van der Waals surface area contributed by atoms with E-state index in [0.29, 0.717) is 6.42 Å². The van der Waals surface area contributed by atoms with Crippen LogP contribution in [-0.2, 0) is 19.0 Å². The van der Waals surface area contributed by atoms with Gasteiger partial charge in [-0.05, 0) is 26.0 Å². The zero-order valence-electron chi connectivity index (χ0n) is 17.5. The van der Waals surface area contributed by atoms with Crippen LogP contribution in [0.2, 0.25) is 0 Å². The van der Waals surface area contributed by atoms with Crippen molar-refractivity contribution in [2.75, 3.05) is 25.4 Å². The number of thioether (sulfide) groups is 1. The Labute approximate surface area is 170 Å². The van der Waals surface area contributed by atoms with Crippen LogP contribution in [0.4, 0.5) is 4.79 Å². The van der Waals surface area contributed by atoms with Gasteiger partial charge in [0.2, 0.25) is 0 Å². The molecule has 0 amide bonds. The maximum Gasteiger partial charge on any atom is 0.516 e. The van der Waals surface area contributed by atoms with Crippen LogP contribution in [0.5, 0.6) is 0 Å². The van der Waals surface area contributed by atoms with Crippen molar-refractivity contribution in [3.63, 3.8) is 0 Å². The molecule has 160 valence electrons. The van der Waals surface area contributed by atoms with Crippen LogP contribution in [-0.4, -0.2) is 37.5 Å². The molecule has 0 aromatic heterocycles. The highest BCUT2D eigenvalue weighted by Crippen LogP contribution is 2.13. The molecule has 0 rings (SSSR count). The monoisotopic (exact) mass is 404 g/mol.